The minimum Gasteiger partial charge on any atom is -0.493 e. The standard InChI is InChI=1S/C21H31N5O3/c1-15-12-20(22-2)25-21(23-15)24-16-6-7-18(28-3)19(13-16)29-11-8-17(27)14-26-9-4-5-10-26/h6-7,12-13,17,27H,4-5,8-11,14H2,1-3H3,(H2,22,23,24,25)/t17-/m0/s1. The second kappa shape index (κ2) is 10.3. The molecule has 1 atom stereocenters. The Balaban J connectivity index is 1.60. The highest BCUT2D eigenvalue weighted by Crippen LogP contribution is 2.31. The summed E-state index contributed by atoms with van der Waals surface area (Å²) in [6.07, 6.45) is 2.63. The smallest absolute Gasteiger partial charge is 0.229 e. The van der Waals surface area contributed by atoms with Crippen LogP contribution in [0.4, 0.5) is 17.5 Å². The lowest BCUT2D eigenvalue weighted by Crippen LogP contribution is -2.31. The number of aliphatic hydroxyl groups is 1. The number of aromatic nitrogens is 2. The largest absolute Gasteiger partial charge is 0.493 e. The van der Waals surface area contributed by atoms with E-state index in [-0.39, 0.29) is 6.10 Å². The Hall–Kier alpha value is -2.58. The molecule has 0 aliphatic carbocycles. The Labute approximate surface area is 172 Å². The average molecular weight is 402 g/mol. The first-order valence-corrected chi connectivity index (χ1v) is 10.1. The molecule has 29 heavy (non-hydrogen) atoms. The van der Waals surface area contributed by atoms with Crippen LogP contribution in [0.2, 0.25) is 0 Å². The Bertz CT molecular complexity index is 796. The van der Waals surface area contributed by atoms with E-state index in [1.807, 2.05) is 38.2 Å². The van der Waals surface area contributed by atoms with E-state index in [2.05, 4.69) is 25.5 Å². The van der Waals surface area contributed by atoms with Crippen molar-refractivity contribution < 1.29 is 14.6 Å². The van der Waals surface area contributed by atoms with Crippen molar-refractivity contribution in [1.29, 1.82) is 0 Å². The molecule has 1 saturated heterocycles. The molecule has 1 aromatic heterocycles. The highest BCUT2D eigenvalue weighted by atomic mass is 16.5. The molecule has 8 heteroatoms. The molecular weight excluding hydrogens is 370 g/mol. The maximum Gasteiger partial charge on any atom is 0.229 e. The van der Waals surface area contributed by atoms with Crippen LogP contribution >= 0.6 is 0 Å². The summed E-state index contributed by atoms with van der Waals surface area (Å²) >= 11 is 0. The molecule has 1 aromatic carbocycles. The fourth-order valence-corrected chi connectivity index (χ4v) is 3.41. The van der Waals surface area contributed by atoms with Gasteiger partial charge in [0, 0.05) is 43.5 Å². The lowest BCUT2D eigenvalue weighted by Gasteiger charge is -2.19. The average Bonchev–Trinajstić information content (AvgIpc) is 3.20. The van der Waals surface area contributed by atoms with Crippen molar-refractivity contribution >= 4 is 17.5 Å². The van der Waals surface area contributed by atoms with E-state index in [9.17, 15) is 5.11 Å². The molecule has 3 N–H and O–H groups in total. The minimum atomic E-state index is -0.388. The number of likely N-dealkylation sites (tertiary alicyclic amines) is 1. The zero-order valence-corrected chi connectivity index (χ0v) is 17.4. The summed E-state index contributed by atoms with van der Waals surface area (Å²) in [5.74, 6) is 2.52. The lowest BCUT2D eigenvalue weighted by molar-refractivity contribution is 0.100. The summed E-state index contributed by atoms with van der Waals surface area (Å²) in [5, 5.41) is 16.5. The predicted octanol–water partition coefficient (Wildman–Crippen LogP) is 2.80. The van der Waals surface area contributed by atoms with Crippen LogP contribution in [0.5, 0.6) is 11.5 Å². The molecule has 0 radical (unpaired) electrons. The third-order valence-electron chi connectivity index (χ3n) is 4.91. The maximum absolute atomic E-state index is 10.3. The topological polar surface area (TPSA) is 91.8 Å². The van der Waals surface area contributed by atoms with Crippen molar-refractivity contribution in [3.05, 3.63) is 30.0 Å². The molecule has 2 heterocycles. The van der Waals surface area contributed by atoms with E-state index in [1.54, 1.807) is 7.11 Å². The Kier molecular flexibility index (Phi) is 7.48. The third-order valence-corrected chi connectivity index (χ3v) is 4.91. The Morgan fingerprint density at radius 1 is 1.17 bits per heavy atom. The second-order valence-corrected chi connectivity index (χ2v) is 7.26. The van der Waals surface area contributed by atoms with Crippen LogP contribution in [-0.2, 0) is 0 Å². The first-order valence-electron chi connectivity index (χ1n) is 10.1. The van der Waals surface area contributed by atoms with Crippen molar-refractivity contribution in [3.63, 3.8) is 0 Å². The van der Waals surface area contributed by atoms with Gasteiger partial charge in [0.2, 0.25) is 5.95 Å². The van der Waals surface area contributed by atoms with Gasteiger partial charge in [0.25, 0.3) is 0 Å². The van der Waals surface area contributed by atoms with Gasteiger partial charge in [-0.1, -0.05) is 0 Å². The number of hydrogen-bond acceptors (Lipinski definition) is 8. The first kappa shape index (κ1) is 21.1. The SMILES string of the molecule is CNc1cc(C)nc(Nc2ccc(OC)c(OCC[C@H](O)CN3CCCC3)c2)n1. The zero-order chi connectivity index (χ0) is 20.6. The molecule has 0 unspecified atom stereocenters. The maximum atomic E-state index is 10.3. The summed E-state index contributed by atoms with van der Waals surface area (Å²) in [5.41, 5.74) is 1.66. The number of methoxy groups -OCH3 is 1. The summed E-state index contributed by atoms with van der Waals surface area (Å²) in [4.78, 5) is 11.1. The molecule has 3 rings (SSSR count). The highest BCUT2D eigenvalue weighted by molar-refractivity contribution is 5.60. The number of aryl methyl sites for hydroxylation is 1. The Morgan fingerprint density at radius 2 is 1.97 bits per heavy atom. The van der Waals surface area contributed by atoms with Gasteiger partial charge in [-0.25, -0.2) is 4.98 Å². The summed E-state index contributed by atoms with van der Waals surface area (Å²) in [6.45, 7) is 5.20. The molecular formula is C21H31N5O3. The summed E-state index contributed by atoms with van der Waals surface area (Å²) in [7, 11) is 3.43. The van der Waals surface area contributed by atoms with Gasteiger partial charge in [-0.05, 0) is 45.0 Å². The van der Waals surface area contributed by atoms with Gasteiger partial charge < -0.3 is 30.1 Å². The number of rotatable bonds is 10. The monoisotopic (exact) mass is 401 g/mol. The van der Waals surface area contributed by atoms with Crippen molar-refractivity contribution in [2.24, 2.45) is 0 Å². The van der Waals surface area contributed by atoms with E-state index < -0.39 is 0 Å². The fraction of sp³-hybridized carbons (Fsp3) is 0.524. The molecule has 0 spiro atoms. The van der Waals surface area contributed by atoms with Crippen LogP contribution < -0.4 is 20.1 Å². The molecule has 1 fully saturated rings. The van der Waals surface area contributed by atoms with Crippen LogP contribution in [0, 0.1) is 6.92 Å². The number of hydrogen-bond donors (Lipinski definition) is 3. The number of ether oxygens (including phenoxy) is 2. The van der Waals surface area contributed by atoms with Gasteiger partial charge in [-0.15, -0.1) is 0 Å². The van der Waals surface area contributed by atoms with Crippen molar-refractivity contribution in [1.82, 2.24) is 14.9 Å². The van der Waals surface area contributed by atoms with E-state index >= 15 is 0 Å². The summed E-state index contributed by atoms with van der Waals surface area (Å²) < 4.78 is 11.3. The van der Waals surface area contributed by atoms with E-state index in [0.717, 1.165) is 30.3 Å². The predicted molar refractivity (Wildman–Crippen MR) is 114 cm³/mol. The molecule has 0 saturated carbocycles. The highest BCUT2D eigenvalue weighted by Gasteiger charge is 2.16. The molecule has 2 aromatic rings. The van der Waals surface area contributed by atoms with Gasteiger partial charge in [0.05, 0.1) is 19.8 Å². The fourth-order valence-electron chi connectivity index (χ4n) is 3.41. The van der Waals surface area contributed by atoms with Gasteiger partial charge >= 0.3 is 0 Å². The normalized spacial score (nSPS) is 15.2. The number of benzene rings is 1. The molecule has 8 nitrogen and oxygen atoms in total. The van der Waals surface area contributed by atoms with Gasteiger partial charge in [0.15, 0.2) is 11.5 Å². The van der Waals surface area contributed by atoms with Crippen LogP contribution in [0.25, 0.3) is 0 Å². The number of β-amino-alcohol motifs (C(OH)–C–C–N with tert-alkyl or cyclic N) is 1. The van der Waals surface area contributed by atoms with Gasteiger partial charge in [-0.3, -0.25) is 0 Å². The molecule has 0 bridgehead atoms. The van der Waals surface area contributed by atoms with E-state index in [0.29, 0.717) is 37.0 Å². The zero-order valence-electron chi connectivity index (χ0n) is 17.4. The van der Waals surface area contributed by atoms with Crippen LogP contribution in [0.1, 0.15) is 25.0 Å². The number of nitrogens with zero attached hydrogens (tertiary/aromatic N) is 3. The van der Waals surface area contributed by atoms with Crippen LogP contribution in [-0.4, -0.2) is 66.5 Å². The minimum absolute atomic E-state index is 0.388. The van der Waals surface area contributed by atoms with E-state index in [1.165, 1.54) is 12.8 Å². The third kappa shape index (κ3) is 6.20. The lowest BCUT2D eigenvalue weighted by atomic mass is 10.2. The van der Waals surface area contributed by atoms with Crippen molar-refractivity contribution in [3.8, 4) is 11.5 Å². The van der Waals surface area contributed by atoms with Crippen molar-refractivity contribution in [2.45, 2.75) is 32.3 Å². The Morgan fingerprint density at radius 3 is 2.69 bits per heavy atom. The molecule has 158 valence electrons. The van der Waals surface area contributed by atoms with Crippen LogP contribution in [0.15, 0.2) is 24.3 Å². The second-order valence-electron chi connectivity index (χ2n) is 7.26. The van der Waals surface area contributed by atoms with Gasteiger partial charge in [-0.2, -0.15) is 4.98 Å². The number of nitrogens with one attached hydrogen (secondary N) is 2. The van der Waals surface area contributed by atoms with Crippen molar-refractivity contribution in [2.75, 3.05) is 51.0 Å². The molecule has 1 aliphatic rings. The first-order chi connectivity index (χ1) is 14.1. The molecule has 0 amide bonds. The van der Waals surface area contributed by atoms with E-state index in [4.69, 9.17) is 9.47 Å². The number of aliphatic hydroxyl groups excluding tert-OH is 1. The molecule has 1 aliphatic heterocycles. The van der Waals surface area contributed by atoms with Crippen LogP contribution in [0.3, 0.4) is 0 Å². The van der Waals surface area contributed by atoms with Gasteiger partial charge in [0.1, 0.15) is 5.82 Å². The summed E-state index contributed by atoms with van der Waals surface area (Å²) in [6, 6.07) is 7.46. The quantitative estimate of drug-likeness (QED) is 0.560. The number of anilines is 3.